The van der Waals surface area contributed by atoms with E-state index < -0.39 is 27.9 Å². The average Bonchev–Trinajstić information content (AvgIpc) is 2.72. The number of sulfonamides is 1. The summed E-state index contributed by atoms with van der Waals surface area (Å²) in [6.45, 7) is 5.10. The van der Waals surface area contributed by atoms with Crippen molar-refractivity contribution in [2.45, 2.75) is 24.8 Å². The fraction of sp³-hybridized carbons (Fsp3) is 0.579. The second-order valence-electron chi connectivity index (χ2n) is 6.90. The summed E-state index contributed by atoms with van der Waals surface area (Å²) < 4.78 is 42.1. The zero-order valence-corrected chi connectivity index (χ0v) is 17.7. The summed E-state index contributed by atoms with van der Waals surface area (Å²) in [5.41, 5.74) is 0.148. The second kappa shape index (κ2) is 10.7. The lowest BCUT2D eigenvalue weighted by molar-refractivity contribution is -0.148. The molecule has 1 saturated heterocycles. The molecule has 1 aromatic carbocycles. The lowest BCUT2D eigenvalue weighted by atomic mass is 10.0. The first-order valence-electron chi connectivity index (χ1n) is 9.41. The molecular formula is C19H28N2O7S. The van der Waals surface area contributed by atoms with Crippen LogP contribution in [0.4, 0.5) is 0 Å². The lowest BCUT2D eigenvalue weighted by Crippen LogP contribution is -2.45. The van der Waals surface area contributed by atoms with Crippen molar-refractivity contribution in [2.75, 3.05) is 46.6 Å². The van der Waals surface area contributed by atoms with Crippen LogP contribution in [0.1, 0.15) is 24.2 Å². The van der Waals surface area contributed by atoms with E-state index in [1.54, 1.807) is 13.8 Å². The van der Waals surface area contributed by atoms with Crippen molar-refractivity contribution in [3.63, 3.8) is 0 Å². The minimum Gasteiger partial charge on any atom is -0.462 e. The van der Waals surface area contributed by atoms with E-state index in [0.717, 1.165) is 0 Å². The van der Waals surface area contributed by atoms with E-state index in [1.807, 2.05) is 0 Å². The fourth-order valence-electron chi connectivity index (χ4n) is 2.77. The minimum atomic E-state index is -3.73. The quantitative estimate of drug-likeness (QED) is 0.454. The number of morpholine rings is 1. The summed E-state index contributed by atoms with van der Waals surface area (Å²) in [4.78, 5) is 25.0. The smallest absolute Gasteiger partial charge is 0.328 e. The molecule has 1 N–H and O–H groups in total. The summed E-state index contributed by atoms with van der Waals surface area (Å²) >= 11 is 0. The number of nitrogens with one attached hydrogen (secondary N) is 1. The van der Waals surface area contributed by atoms with E-state index in [9.17, 15) is 18.0 Å². The van der Waals surface area contributed by atoms with Gasteiger partial charge in [-0.05, 0) is 24.1 Å². The largest absolute Gasteiger partial charge is 0.462 e. The standard InChI is InChI=1S/C19H28N2O7S/c1-14(2)17(19(23)28-12-11-26-3)20-18(22)15-5-4-6-16(13-15)29(24,25)21-7-9-27-10-8-21/h4-6,13-14,17H,7-12H2,1-3H3,(H,20,22)/t17-/m0/s1. The maximum absolute atomic E-state index is 12.8. The Kier molecular flexibility index (Phi) is 8.57. The van der Waals surface area contributed by atoms with Crippen LogP contribution in [-0.2, 0) is 29.0 Å². The summed E-state index contributed by atoms with van der Waals surface area (Å²) in [5, 5.41) is 2.63. The third-order valence-electron chi connectivity index (χ3n) is 4.44. The molecule has 162 valence electrons. The molecule has 0 bridgehead atoms. The Morgan fingerprint density at radius 3 is 2.52 bits per heavy atom. The van der Waals surface area contributed by atoms with Crippen LogP contribution in [0.25, 0.3) is 0 Å². The van der Waals surface area contributed by atoms with Crippen molar-refractivity contribution >= 4 is 21.9 Å². The fourth-order valence-corrected chi connectivity index (χ4v) is 4.23. The number of amides is 1. The number of rotatable bonds is 9. The van der Waals surface area contributed by atoms with Gasteiger partial charge < -0.3 is 19.5 Å². The van der Waals surface area contributed by atoms with Crippen LogP contribution in [-0.4, -0.2) is 77.3 Å². The van der Waals surface area contributed by atoms with Crippen LogP contribution < -0.4 is 5.32 Å². The van der Waals surface area contributed by atoms with Crippen molar-refractivity contribution in [1.29, 1.82) is 0 Å². The SMILES string of the molecule is COCCOC(=O)[C@@H](NC(=O)c1cccc(S(=O)(=O)N2CCOCC2)c1)C(C)C. The number of carbonyl (C=O) groups excluding carboxylic acids is 2. The van der Waals surface area contributed by atoms with Gasteiger partial charge in [0.15, 0.2) is 0 Å². The molecule has 1 amide bonds. The molecule has 0 unspecified atom stereocenters. The molecule has 2 rings (SSSR count). The first-order valence-corrected chi connectivity index (χ1v) is 10.9. The number of hydrogen-bond acceptors (Lipinski definition) is 7. The van der Waals surface area contributed by atoms with Crippen molar-refractivity contribution in [3.8, 4) is 0 Å². The van der Waals surface area contributed by atoms with Gasteiger partial charge in [0.05, 0.1) is 24.7 Å². The molecule has 0 aliphatic carbocycles. The molecule has 0 radical (unpaired) electrons. The topological polar surface area (TPSA) is 111 Å². The zero-order valence-electron chi connectivity index (χ0n) is 16.9. The van der Waals surface area contributed by atoms with E-state index in [4.69, 9.17) is 14.2 Å². The highest BCUT2D eigenvalue weighted by atomic mass is 32.2. The molecule has 0 spiro atoms. The Labute approximate surface area is 171 Å². The van der Waals surface area contributed by atoms with Gasteiger partial charge in [-0.1, -0.05) is 19.9 Å². The number of methoxy groups -OCH3 is 1. The molecule has 1 heterocycles. The van der Waals surface area contributed by atoms with Crippen LogP contribution in [0.2, 0.25) is 0 Å². The van der Waals surface area contributed by atoms with Gasteiger partial charge in [0, 0.05) is 25.8 Å². The Hall–Kier alpha value is -2.01. The molecule has 1 aromatic rings. The molecule has 1 atom stereocenters. The summed E-state index contributed by atoms with van der Waals surface area (Å²) in [6, 6.07) is 4.90. The second-order valence-corrected chi connectivity index (χ2v) is 8.84. The van der Waals surface area contributed by atoms with E-state index in [2.05, 4.69) is 5.32 Å². The number of nitrogens with zero attached hydrogens (tertiary/aromatic N) is 1. The average molecular weight is 429 g/mol. The predicted molar refractivity (Wildman–Crippen MR) is 105 cm³/mol. The van der Waals surface area contributed by atoms with E-state index in [1.165, 1.54) is 35.7 Å². The Morgan fingerprint density at radius 1 is 1.21 bits per heavy atom. The van der Waals surface area contributed by atoms with Gasteiger partial charge in [-0.2, -0.15) is 4.31 Å². The van der Waals surface area contributed by atoms with Crippen molar-refractivity contribution in [3.05, 3.63) is 29.8 Å². The molecule has 10 heteroatoms. The Bertz CT molecular complexity index is 805. The summed E-state index contributed by atoms with van der Waals surface area (Å²) in [6.07, 6.45) is 0. The van der Waals surface area contributed by atoms with Gasteiger partial charge in [0.1, 0.15) is 12.6 Å². The van der Waals surface area contributed by atoms with Crippen LogP contribution in [0.3, 0.4) is 0 Å². The monoisotopic (exact) mass is 428 g/mol. The molecule has 0 aromatic heterocycles. The molecule has 29 heavy (non-hydrogen) atoms. The van der Waals surface area contributed by atoms with Crippen molar-refractivity contribution in [2.24, 2.45) is 5.92 Å². The number of carbonyl (C=O) groups is 2. The lowest BCUT2D eigenvalue weighted by Gasteiger charge is -2.26. The Balaban J connectivity index is 2.14. The third kappa shape index (κ3) is 6.23. The van der Waals surface area contributed by atoms with Gasteiger partial charge in [-0.15, -0.1) is 0 Å². The van der Waals surface area contributed by atoms with Gasteiger partial charge in [-0.3, -0.25) is 4.79 Å². The molecule has 1 aliphatic rings. The van der Waals surface area contributed by atoms with Gasteiger partial charge in [-0.25, -0.2) is 13.2 Å². The van der Waals surface area contributed by atoms with Crippen LogP contribution >= 0.6 is 0 Å². The highest BCUT2D eigenvalue weighted by molar-refractivity contribution is 7.89. The highest BCUT2D eigenvalue weighted by Crippen LogP contribution is 2.18. The van der Waals surface area contributed by atoms with Crippen LogP contribution in [0.15, 0.2) is 29.2 Å². The summed E-state index contributed by atoms with van der Waals surface area (Å²) in [7, 11) is -2.23. The van der Waals surface area contributed by atoms with Crippen LogP contribution in [0, 0.1) is 5.92 Å². The number of esters is 1. The first kappa shape index (κ1) is 23.3. The van der Waals surface area contributed by atoms with Gasteiger partial charge in [0.2, 0.25) is 10.0 Å². The van der Waals surface area contributed by atoms with E-state index >= 15 is 0 Å². The normalized spacial score (nSPS) is 16.4. The molecule has 1 fully saturated rings. The van der Waals surface area contributed by atoms with Crippen molar-refractivity contribution in [1.82, 2.24) is 9.62 Å². The highest BCUT2D eigenvalue weighted by Gasteiger charge is 2.29. The van der Waals surface area contributed by atoms with Crippen molar-refractivity contribution < 1.29 is 32.2 Å². The predicted octanol–water partition coefficient (Wildman–Crippen LogP) is 0.652. The molecular weight excluding hydrogens is 400 g/mol. The number of ether oxygens (including phenoxy) is 3. The minimum absolute atomic E-state index is 0.0239. The molecule has 0 saturated carbocycles. The third-order valence-corrected chi connectivity index (χ3v) is 6.34. The van der Waals surface area contributed by atoms with E-state index in [0.29, 0.717) is 13.2 Å². The summed E-state index contributed by atoms with van der Waals surface area (Å²) in [5.74, 6) is -1.33. The Morgan fingerprint density at radius 2 is 1.90 bits per heavy atom. The van der Waals surface area contributed by atoms with Crippen LogP contribution in [0.5, 0.6) is 0 Å². The number of hydrogen-bond donors (Lipinski definition) is 1. The molecule has 1 aliphatic heterocycles. The first-order chi connectivity index (χ1) is 13.8. The van der Waals surface area contributed by atoms with Gasteiger partial charge in [0.25, 0.3) is 5.91 Å². The van der Waals surface area contributed by atoms with Gasteiger partial charge >= 0.3 is 5.97 Å². The maximum Gasteiger partial charge on any atom is 0.328 e. The number of benzene rings is 1. The maximum atomic E-state index is 12.8. The molecule has 9 nitrogen and oxygen atoms in total. The van der Waals surface area contributed by atoms with E-state index in [-0.39, 0.29) is 42.7 Å². The zero-order chi connectivity index (χ0) is 21.4.